The van der Waals surface area contributed by atoms with Crippen molar-refractivity contribution in [3.63, 3.8) is 0 Å². The fraction of sp³-hybridized carbons (Fsp3) is 0.375. The average Bonchev–Trinajstić information content (AvgIpc) is 2.85. The summed E-state index contributed by atoms with van der Waals surface area (Å²) in [6, 6.07) is 8.32. The quantitative estimate of drug-likeness (QED) is 0.904. The standard InChI is InChI=1S/C16H19N3O/c1-4-12-7-8-14(20-3)13(10-12)16-11(2)18-15(19-16)6-5-9-17/h7-8,10H,4-6H2,1-3H3,(H,18,19). The van der Waals surface area contributed by atoms with E-state index < -0.39 is 0 Å². The van der Waals surface area contributed by atoms with E-state index in [-0.39, 0.29) is 0 Å². The largest absolute Gasteiger partial charge is 0.496 e. The van der Waals surface area contributed by atoms with Gasteiger partial charge in [0.15, 0.2) is 0 Å². The molecular formula is C16H19N3O. The van der Waals surface area contributed by atoms with E-state index in [1.54, 1.807) is 7.11 Å². The van der Waals surface area contributed by atoms with Crippen LogP contribution in [-0.4, -0.2) is 17.1 Å². The normalized spacial score (nSPS) is 10.3. The summed E-state index contributed by atoms with van der Waals surface area (Å²) in [5.74, 6) is 1.67. The molecule has 1 N–H and O–H groups in total. The van der Waals surface area contributed by atoms with E-state index in [4.69, 9.17) is 10.00 Å². The number of aryl methyl sites for hydroxylation is 3. The Morgan fingerprint density at radius 3 is 2.85 bits per heavy atom. The first-order chi connectivity index (χ1) is 9.69. The number of nitrogens with zero attached hydrogens (tertiary/aromatic N) is 2. The molecule has 0 aliphatic heterocycles. The number of imidazole rings is 1. The molecule has 0 fully saturated rings. The molecular weight excluding hydrogens is 250 g/mol. The first-order valence-electron chi connectivity index (χ1n) is 6.79. The zero-order chi connectivity index (χ0) is 14.5. The van der Waals surface area contributed by atoms with Crippen LogP contribution in [0.4, 0.5) is 0 Å². The number of H-pyrrole nitrogens is 1. The third-order valence-corrected chi connectivity index (χ3v) is 3.33. The first kappa shape index (κ1) is 14.1. The van der Waals surface area contributed by atoms with E-state index >= 15 is 0 Å². The molecule has 0 bridgehead atoms. The molecule has 0 amide bonds. The fourth-order valence-corrected chi connectivity index (χ4v) is 2.24. The van der Waals surface area contributed by atoms with Gasteiger partial charge in [0.2, 0.25) is 0 Å². The number of hydrogen-bond donors (Lipinski definition) is 1. The van der Waals surface area contributed by atoms with Crippen LogP contribution in [0.2, 0.25) is 0 Å². The monoisotopic (exact) mass is 269 g/mol. The van der Waals surface area contributed by atoms with Gasteiger partial charge in [-0.25, -0.2) is 4.98 Å². The average molecular weight is 269 g/mol. The summed E-state index contributed by atoms with van der Waals surface area (Å²) in [7, 11) is 1.67. The van der Waals surface area contributed by atoms with Crippen molar-refractivity contribution in [3.05, 3.63) is 35.3 Å². The number of nitriles is 1. The number of aromatic amines is 1. The van der Waals surface area contributed by atoms with Crippen LogP contribution in [0.3, 0.4) is 0 Å². The zero-order valence-corrected chi connectivity index (χ0v) is 12.2. The van der Waals surface area contributed by atoms with Gasteiger partial charge in [-0.3, -0.25) is 0 Å². The summed E-state index contributed by atoms with van der Waals surface area (Å²) in [5.41, 5.74) is 4.17. The lowest BCUT2D eigenvalue weighted by Gasteiger charge is -2.09. The van der Waals surface area contributed by atoms with Crippen molar-refractivity contribution in [3.8, 4) is 23.1 Å². The van der Waals surface area contributed by atoms with E-state index in [1.807, 2.05) is 13.0 Å². The topological polar surface area (TPSA) is 61.7 Å². The van der Waals surface area contributed by atoms with Crippen LogP contribution in [-0.2, 0) is 12.8 Å². The Bertz CT molecular complexity index is 638. The van der Waals surface area contributed by atoms with E-state index in [9.17, 15) is 0 Å². The van der Waals surface area contributed by atoms with Gasteiger partial charge in [0.05, 0.1) is 18.9 Å². The van der Waals surface area contributed by atoms with Gasteiger partial charge >= 0.3 is 0 Å². The molecule has 0 saturated carbocycles. The van der Waals surface area contributed by atoms with Crippen LogP contribution in [0.5, 0.6) is 5.75 Å². The lowest BCUT2D eigenvalue weighted by atomic mass is 10.0. The van der Waals surface area contributed by atoms with Crippen molar-refractivity contribution < 1.29 is 4.74 Å². The van der Waals surface area contributed by atoms with E-state index in [0.717, 1.165) is 34.9 Å². The van der Waals surface area contributed by atoms with Crippen LogP contribution in [0, 0.1) is 18.3 Å². The van der Waals surface area contributed by atoms with Crippen LogP contribution in [0.1, 0.15) is 30.4 Å². The van der Waals surface area contributed by atoms with Gasteiger partial charge in [-0.1, -0.05) is 13.0 Å². The molecule has 1 heterocycles. The number of methoxy groups -OCH3 is 1. The molecule has 1 aromatic carbocycles. The minimum Gasteiger partial charge on any atom is -0.496 e. The lowest BCUT2D eigenvalue weighted by molar-refractivity contribution is 0.416. The highest BCUT2D eigenvalue weighted by molar-refractivity contribution is 5.70. The second-order valence-corrected chi connectivity index (χ2v) is 4.70. The SMILES string of the molecule is CCc1ccc(OC)c(-c2nc(CCC#N)[nH]c2C)c1. The van der Waals surface area contributed by atoms with Crippen LogP contribution in [0.15, 0.2) is 18.2 Å². The van der Waals surface area contributed by atoms with Gasteiger partial charge < -0.3 is 9.72 Å². The van der Waals surface area contributed by atoms with Gasteiger partial charge in [-0.05, 0) is 31.0 Å². The maximum Gasteiger partial charge on any atom is 0.128 e. The van der Waals surface area contributed by atoms with E-state index in [1.165, 1.54) is 5.56 Å². The molecule has 0 aliphatic carbocycles. The van der Waals surface area contributed by atoms with Crippen LogP contribution >= 0.6 is 0 Å². The van der Waals surface area contributed by atoms with Gasteiger partial charge in [-0.2, -0.15) is 5.26 Å². The molecule has 1 aromatic heterocycles. The summed E-state index contributed by atoms with van der Waals surface area (Å²) < 4.78 is 5.44. The fourth-order valence-electron chi connectivity index (χ4n) is 2.24. The van der Waals surface area contributed by atoms with Crippen molar-refractivity contribution in [1.29, 1.82) is 5.26 Å². The van der Waals surface area contributed by atoms with Crippen molar-refractivity contribution in [2.75, 3.05) is 7.11 Å². The predicted octanol–water partition coefficient (Wildman–Crippen LogP) is 3.41. The Hall–Kier alpha value is -2.28. The lowest BCUT2D eigenvalue weighted by Crippen LogP contribution is -1.92. The summed E-state index contributed by atoms with van der Waals surface area (Å²) in [4.78, 5) is 7.86. The molecule has 0 saturated heterocycles. The highest BCUT2D eigenvalue weighted by atomic mass is 16.5. The van der Waals surface area contributed by atoms with Gasteiger partial charge in [0.25, 0.3) is 0 Å². The summed E-state index contributed by atoms with van der Waals surface area (Å²) in [6.45, 7) is 4.12. The number of ether oxygens (including phenoxy) is 1. The van der Waals surface area contributed by atoms with Crippen molar-refractivity contribution in [2.24, 2.45) is 0 Å². The molecule has 2 aromatic rings. The molecule has 0 aliphatic rings. The molecule has 2 rings (SSSR count). The predicted molar refractivity (Wildman–Crippen MR) is 78.6 cm³/mol. The Balaban J connectivity index is 2.44. The molecule has 0 unspecified atom stereocenters. The summed E-state index contributed by atoms with van der Waals surface area (Å²) in [6.07, 6.45) is 2.09. The molecule has 4 nitrogen and oxygen atoms in total. The Morgan fingerprint density at radius 1 is 1.40 bits per heavy atom. The summed E-state index contributed by atoms with van der Waals surface area (Å²) >= 11 is 0. The van der Waals surface area contributed by atoms with Gasteiger partial charge in [-0.15, -0.1) is 0 Å². The van der Waals surface area contributed by atoms with E-state index in [0.29, 0.717) is 12.8 Å². The maximum atomic E-state index is 8.66. The number of benzene rings is 1. The van der Waals surface area contributed by atoms with Crippen LogP contribution < -0.4 is 4.74 Å². The summed E-state index contributed by atoms with van der Waals surface area (Å²) in [5, 5.41) is 8.66. The first-order valence-corrected chi connectivity index (χ1v) is 6.79. The third-order valence-electron chi connectivity index (χ3n) is 3.33. The number of rotatable bonds is 5. The number of nitrogens with one attached hydrogen (secondary N) is 1. The second kappa shape index (κ2) is 6.25. The van der Waals surface area contributed by atoms with E-state index in [2.05, 4.69) is 35.1 Å². The number of hydrogen-bond acceptors (Lipinski definition) is 3. The van der Waals surface area contributed by atoms with Gasteiger partial charge in [0, 0.05) is 24.1 Å². The smallest absolute Gasteiger partial charge is 0.128 e. The zero-order valence-electron chi connectivity index (χ0n) is 12.2. The van der Waals surface area contributed by atoms with Crippen molar-refractivity contribution in [2.45, 2.75) is 33.1 Å². The Morgan fingerprint density at radius 2 is 2.20 bits per heavy atom. The minimum atomic E-state index is 0.471. The molecule has 0 atom stereocenters. The minimum absolute atomic E-state index is 0.471. The molecule has 0 spiro atoms. The van der Waals surface area contributed by atoms with Crippen LogP contribution in [0.25, 0.3) is 11.3 Å². The molecule has 0 radical (unpaired) electrons. The highest BCUT2D eigenvalue weighted by Crippen LogP contribution is 2.32. The second-order valence-electron chi connectivity index (χ2n) is 4.70. The van der Waals surface area contributed by atoms with Crippen molar-refractivity contribution >= 4 is 0 Å². The van der Waals surface area contributed by atoms with Crippen molar-refractivity contribution in [1.82, 2.24) is 9.97 Å². The third kappa shape index (κ3) is 2.83. The number of aromatic nitrogens is 2. The Kier molecular flexibility index (Phi) is 4.41. The molecule has 104 valence electrons. The highest BCUT2D eigenvalue weighted by Gasteiger charge is 2.14. The molecule has 4 heteroatoms. The molecule has 20 heavy (non-hydrogen) atoms. The van der Waals surface area contributed by atoms with Gasteiger partial charge in [0.1, 0.15) is 11.6 Å². The Labute approximate surface area is 119 Å². The maximum absolute atomic E-state index is 8.66.